The molecule has 1 aliphatic heterocycles. The van der Waals surface area contributed by atoms with Crippen LogP contribution in [0.25, 0.3) is 10.4 Å². The number of rotatable bonds is 5. The lowest BCUT2D eigenvalue weighted by Crippen LogP contribution is -2.45. The van der Waals surface area contributed by atoms with Crippen molar-refractivity contribution in [2.24, 2.45) is 5.11 Å². The van der Waals surface area contributed by atoms with Crippen molar-refractivity contribution in [3.63, 3.8) is 0 Å². The van der Waals surface area contributed by atoms with Crippen LogP contribution in [0.3, 0.4) is 0 Å². The van der Waals surface area contributed by atoms with E-state index in [9.17, 15) is 5.26 Å². The van der Waals surface area contributed by atoms with Gasteiger partial charge in [-0.2, -0.15) is 5.26 Å². The lowest BCUT2D eigenvalue weighted by atomic mass is 9.92. The third-order valence-electron chi connectivity index (χ3n) is 3.33. The van der Waals surface area contributed by atoms with E-state index in [-0.39, 0.29) is 0 Å². The van der Waals surface area contributed by atoms with Gasteiger partial charge in [0.15, 0.2) is 0 Å². The zero-order chi connectivity index (χ0) is 12.6. The lowest BCUT2D eigenvalue weighted by molar-refractivity contribution is 0.289. The van der Waals surface area contributed by atoms with E-state index in [1.165, 1.54) is 0 Å². The topological polar surface area (TPSA) is 87.8 Å². The standard InChI is InChI=1S/C11H20N6/c1-2-17-8-3-4-11(10-12,5-9-17)14-6-7-15-16-13/h14H,2-9H2,1H3. The van der Waals surface area contributed by atoms with Crippen LogP contribution in [0.5, 0.6) is 0 Å². The average Bonchev–Trinajstić information content (AvgIpc) is 2.58. The Morgan fingerprint density at radius 2 is 2.35 bits per heavy atom. The van der Waals surface area contributed by atoms with Crippen molar-refractivity contribution in [1.29, 1.82) is 5.26 Å². The van der Waals surface area contributed by atoms with E-state index in [1.54, 1.807) is 0 Å². The van der Waals surface area contributed by atoms with Crippen LogP contribution in [0.4, 0.5) is 0 Å². The quantitative estimate of drug-likeness (QED) is 0.341. The molecule has 0 radical (unpaired) electrons. The van der Waals surface area contributed by atoms with Crippen molar-refractivity contribution < 1.29 is 0 Å². The average molecular weight is 236 g/mol. The zero-order valence-electron chi connectivity index (χ0n) is 10.4. The Morgan fingerprint density at radius 1 is 1.53 bits per heavy atom. The van der Waals surface area contributed by atoms with Gasteiger partial charge in [0.1, 0.15) is 5.54 Å². The van der Waals surface area contributed by atoms with Crippen molar-refractivity contribution in [3.8, 4) is 6.07 Å². The summed E-state index contributed by atoms with van der Waals surface area (Å²) in [5.74, 6) is 0. The van der Waals surface area contributed by atoms with Gasteiger partial charge < -0.3 is 4.90 Å². The second-order valence-corrected chi connectivity index (χ2v) is 4.36. The van der Waals surface area contributed by atoms with Gasteiger partial charge in [0, 0.05) is 24.5 Å². The molecule has 0 bridgehead atoms. The fourth-order valence-electron chi connectivity index (χ4n) is 2.22. The van der Waals surface area contributed by atoms with Gasteiger partial charge in [-0.1, -0.05) is 12.0 Å². The molecular weight excluding hydrogens is 216 g/mol. The van der Waals surface area contributed by atoms with Crippen molar-refractivity contribution in [2.75, 3.05) is 32.7 Å². The Morgan fingerprint density at radius 3 is 3.00 bits per heavy atom. The molecule has 94 valence electrons. The van der Waals surface area contributed by atoms with Crippen molar-refractivity contribution >= 4 is 0 Å². The molecule has 0 aromatic rings. The van der Waals surface area contributed by atoms with Gasteiger partial charge in [-0.3, -0.25) is 5.32 Å². The highest BCUT2D eigenvalue weighted by Gasteiger charge is 2.31. The number of azide groups is 1. The highest BCUT2D eigenvalue weighted by atomic mass is 15.2. The Bertz CT molecular complexity index is 316. The Labute approximate surface area is 102 Å². The predicted molar refractivity (Wildman–Crippen MR) is 66.3 cm³/mol. The first-order valence-corrected chi connectivity index (χ1v) is 6.16. The van der Waals surface area contributed by atoms with Gasteiger partial charge in [-0.05, 0) is 37.9 Å². The first kappa shape index (κ1) is 13.8. The van der Waals surface area contributed by atoms with Gasteiger partial charge in [-0.15, -0.1) is 0 Å². The molecule has 1 heterocycles. The molecule has 0 saturated carbocycles. The number of hydrogen-bond acceptors (Lipinski definition) is 4. The molecule has 1 aliphatic rings. The van der Waals surface area contributed by atoms with E-state index >= 15 is 0 Å². The molecule has 1 unspecified atom stereocenters. The Balaban J connectivity index is 2.50. The normalized spacial score (nSPS) is 25.6. The van der Waals surface area contributed by atoms with Gasteiger partial charge >= 0.3 is 0 Å². The summed E-state index contributed by atoms with van der Waals surface area (Å²) in [6.07, 6.45) is 2.75. The molecule has 1 rings (SSSR count). The number of nitrogens with zero attached hydrogens (tertiary/aromatic N) is 5. The third kappa shape index (κ3) is 4.23. The SMILES string of the molecule is CCN1CCCC(C#N)(NCCN=[N+]=[N-])CC1. The van der Waals surface area contributed by atoms with Gasteiger partial charge in [0.25, 0.3) is 0 Å². The summed E-state index contributed by atoms with van der Waals surface area (Å²) in [5, 5.41) is 16.1. The van der Waals surface area contributed by atoms with E-state index in [4.69, 9.17) is 5.53 Å². The molecule has 17 heavy (non-hydrogen) atoms. The van der Waals surface area contributed by atoms with E-state index in [0.29, 0.717) is 13.1 Å². The summed E-state index contributed by atoms with van der Waals surface area (Å²) < 4.78 is 0. The smallest absolute Gasteiger partial charge is 0.108 e. The second kappa shape index (κ2) is 7.13. The second-order valence-electron chi connectivity index (χ2n) is 4.36. The maximum Gasteiger partial charge on any atom is 0.108 e. The fourth-order valence-corrected chi connectivity index (χ4v) is 2.22. The molecule has 0 aromatic carbocycles. The van der Waals surface area contributed by atoms with Gasteiger partial charge in [0.2, 0.25) is 0 Å². The molecular formula is C11H20N6. The predicted octanol–water partition coefficient (Wildman–Crippen LogP) is 1.65. The molecule has 6 nitrogen and oxygen atoms in total. The molecule has 0 aromatic heterocycles. The van der Waals surface area contributed by atoms with Crippen LogP contribution < -0.4 is 5.32 Å². The van der Waals surface area contributed by atoms with E-state index < -0.39 is 5.54 Å². The highest BCUT2D eigenvalue weighted by Crippen LogP contribution is 2.21. The monoisotopic (exact) mass is 236 g/mol. The van der Waals surface area contributed by atoms with E-state index in [0.717, 1.165) is 38.9 Å². The van der Waals surface area contributed by atoms with Gasteiger partial charge in [-0.25, -0.2) is 0 Å². The number of nitriles is 1. The summed E-state index contributed by atoms with van der Waals surface area (Å²) in [6.45, 7) is 6.19. The molecule has 0 aliphatic carbocycles. The van der Waals surface area contributed by atoms with E-state index in [2.05, 4.69) is 33.2 Å². The minimum absolute atomic E-state index is 0.400. The van der Waals surface area contributed by atoms with Crippen LogP contribution in [-0.2, 0) is 0 Å². The van der Waals surface area contributed by atoms with Crippen LogP contribution in [0.1, 0.15) is 26.2 Å². The lowest BCUT2D eigenvalue weighted by Gasteiger charge is -2.26. The molecule has 1 saturated heterocycles. The molecule has 1 fully saturated rings. The minimum atomic E-state index is -0.436. The molecule has 1 atom stereocenters. The third-order valence-corrected chi connectivity index (χ3v) is 3.33. The summed E-state index contributed by atoms with van der Waals surface area (Å²) >= 11 is 0. The number of likely N-dealkylation sites (tertiary alicyclic amines) is 1. The summed E-state index contributed by atoms with van der Waals surface area (Å²) in [5.41, 5.74) is 7.76. The van der Waals surface area contributed by atoms with E-state index in [1.807, 2.05) is 0 Å². The summed E-state index contributed by atoms with van der Waals surface area (Å²) in [4.78, 5) is 5.07. The number of nitrogens with one attached hydrogen (secondary N) is 1. The van der Waals surface area contributed by atoms with Crippen LogP contribution in [-0.4, -0.2) is 43.2 Å². The number of hydrogen-bond donors (Lipinski definition) is 1. The molecule has 6 heteroatoms. The first-order valence-electron chi connectivity index (χ1n) is 6.16. The molecule has 1 N–H and O–H groups in total. The van der Waals surface area contributed by atoms with Crippen LogP contribution in [0, 0.1) is 11.3 Å². The summed E-state index contributed by atoms with van der Waals surface area (Å²) in [7, 11) is 0. The Kier molecular flexibility index (Phi) is 5.78. The maximum atomic E-state index is 9.35. The van der Waals surface area contributed by atoms with Crippen LogP contribution >= 0.6 is 0 Å². The van der Waals surface area contributed by atoms with Crippen molar-refractivity contribution in [2.45, 2.75) is 31.7 Å². The van der Waals surface area contributed by atoms with Crippen molar-refractivity contribution in [3.05, 3.63) is 10.4 Å². The first-order chi connectivity index (χ1) is 8.26. The van der Waals surface area contributed by atoms with Crippen LogP contribution in [0.2, 0.25) is 0 Å². The largest absolute Gasteiger partial charge is 0.304 e. The van der Waals surface area contributed by atoms with Gasteiger partial charge in [0.05, 0.1) is 6.07 Å². The maximum absolute atomic E-state index is 9.35. The Hall–Kier alpha value is -1.28. The molecule has 0 amide bonds. The zero-order valence-corrected chi connectivity index (χ0v) is 10.4. The van der Waals surface area contributed by atoms with Crippen molar-refractivity contribution in [1.82, 2.24) is 10.2 Å². The molecule has 0 spiro atoms. The fraction of sp³-hybridized carbons (Fsp3) is 0.909. The highest BCUT2D eigenvalue weighted by molar-refractivity contribution is 5.08. The van der Waals surface area contributed by atoms with Crippen LogP contribution in [0.15, 0.2) is 5.11 Å². The minimum Gasteiger partial charge on any atom is -0.304 e. The summed E-state index contributed by atoms with van der Waals surface area (Å²) in [6, 6.07) is 2.41.